The maximum absolute atomic E-state index is 12.4. The lowest BCUT2D eigenvalue weighted by atomic mass is 10.1. The Morgan fingerprint density at radius 2 is 2.22 bits per heavy atom. The molecule has 0 unspecified atom stereocenters. The van der Waals surface area contributed by atoms with Gasteiger partial charge in [-0.1, -0.05) is 11.6 Å². The van der Waals surface area contributed by atoms with Crippen LogP contribution >= 0.6 is 11.6 Å². The number of rotatable bonds is 3. The van der Waals surface area contributed by atoms with E-state index >= 15 is 0 Å². The number of hydrogen-bond acceptors (Lipinski definition) is 5. The summed E-state index contributed by atoms with van der Waals surface area (Å²) in [7, 11) is 0. The summed E-state index contributed by atoms with van der Waals surface area (Å²) in [4.78, 5) is 27.6. The summed E-state index contributed by atoms with van der Waals surface area (Å²) < 4.78 is 1.51. The van der Waals surface area contributed by atoms with Gasteiger partial charge in [0.05, 0.1) is 28.8 Å². The van der Waals surface area contributed by atoms with Crippen molar-refractivity contribution < 1.29 is 10.0 Å². The Hall–Kier alpha value is -2.25. The monoisotopic (exact) mass is 333 g/mol. The van der Waals surface area contributed by atoms with Gasteiger partial charge < -0.3 is 5.11 Å². The molecule has 2 aliphatic rings. The summed E-state index contributed by atoms with van der Waals surface area (Å²) in [6.45, 7) is -0.105. The fraction of sp³-hybridized carbons (Fsp3) is 0.333. The van der Waals surface area contributed by atoms with Gasteiger partial charge in [0.15, 0.2) is 0 Å². The Morgan fingerprint density at radius 1 is 1.43 bits per heavy atom. The van der Waals surface area contributed by atoms with E-state index in [9.17, 15) is 20.0 Å². The Kier molecular flexibility index (Phi) is 3.04. The minimum atomic E-state index is -0.519. The van der Waals surface area contributed by atoms with Crippen LogP contribution in [-0.2, 0) is 0 Å². The lowest BCUT2D eigenvalue weighted by Gasteiger charge is -2.15. The number of aromatic nitrogens is 2. The van der Waals surface area contributed by atoms with Gasteiger partial charge in [-0.3, -0.25) is 19.5 Å². The van der Waals surface area contributed by atoms with Gasteiger partial charge in [0.25, 0.3) is 11.2 Å². The van der Waals surface area contributed by atoms with E-state index in [1.54, 1.807) is 0 Å². The predicted octanol–water partition coefficient (Wildman–Crippen LogP) is 2.12. The molecule has 3 atom stereocenters. The molecule has 2 heterocycles. The molecule has 0 radical (unpaired) electrons. The second-order valence-electron chi connectivity index (χ2n) is 5.88. The molecule has 1 fully saturated rings. The first-order valence-electron chi connectivity index (χ1n) is 7.20. The van der Waals surface area contributed by atoms with Crippen LogP contribution in [0.1, 0.15) is 24.2 Å². The number of nitro benzene ring substituents is 1. The van der Waals surface area contributed by atoms with E-state index in [0.29, 0.717) is 10.8 Å². The summed E-state index contributed by atoms with van der Waals surface area (Å²) >= 11 is 5.94. The molecule has 0 spiro atoms. The van der Waals surface area contributed by atoms with E-state index in [1.807, 2.05) is 0 Å². The molecular weight excluding hydrogens is 322 g/mol. The predicted molar refractivity (Wildman–Crippen MR) is 82.6 cm³/mol. The lowest BCUT2D eigenvalue weighted by Crippen LogP contribution is -2.28. The van der Waals surface area contributed by atoms with Gasteiger partial charge >= 0.3 is 0 Å². The third kappa shape index (κ3) is 2.08. The molecule has 1 aliphatic heterocycles. The van der Waals surface area contributed by atoms with Gasteiger partial charge in [0.1, 0.15) is 5.82 Å². The second-order valence-corrected chi connectivity index (χ2v) is 6.32. The van der Waals surface area contributed by atoms with Crippen LogP contribution in [0.2, 0.25) is 5.02 Å². The van der Waals surface area contributed by atoms with E-state index in [-0.39, 0.29) is 47.0 Å². The molecule has 0 bridgehead atoms. The maximum atomic E-state index is 12.4. The second kappa shape index (κ2) is 4.87. The van der Waals surface area contributed by atoms with E-state index in [0.717, 1.165) is 6.42 Å². The largest absolute Gasteiger partial charge is 0.394 e. The van der Waals surface area contributed by atoms with E-state index < -0.39 is 4.92 Å². The topological polar surface area (TPSA) is 98.3 Å². The maximum Gasteiger partial charge on any atom is 0.278 e. The Bertz CT molecular complexity index is 895. The molecule has 1 aromatic heterocycles. The summed E-state index contributed by atoms with van der Waals surface area (Å²) in [6.07, 6.45) is 0.888. The van der Waals surface area contributed by atoms with E-state index in [1.165, 1.54) is 28.8 Å². The Morgan fingerprint density at radius 3 is 2.91 bits per heavy atom. The van der Waals surface area contributed by atoms with E-state index in [2.05, 4.69) is 4.98 Å². The van der Waals surface area contributed by atoms with Crippen molar-refractivity contribution in [1.29, 1.82) is 0 Å². The summed E-state index contributed by atoms with van der Waals surface area (Å²) in [5.41, 5.74) is 0.0353. The lowest BCUT2D eigenvalue weighted by molar-refractivity contribution is -0.384. The molecule has 23 heavy (non-hydrogen) atoms. The zero-order valence-corrected chi connectivity index (χ0v) is 12.6. The fourth-order valence-electron chi connectivity index (χ4n) is 3.46. The van der Waals surface area contributed by atoms with Gasteiger partial charge in [0, 0.05) is 23.1 Å². The van der Waals surface area contributed by atoms with Gasteiger partial charge in [-0.05, 0) is 24.5 Å². The van der Waals surface area contributed by atoms with Crippen LogP contribution in [-0.4, -0.2) is 26.2 Å². The highest BCUT2D eigenvalue weighted by Crippen LogP contribution is 2.58. The summed E-state index contributed by atoms with van der Waals surface area (Å²) in [6, 6.07) is 5.22. The van der Waals surface area contributed by atoms with Gasteiger partial charge in [0.2, 0.25) is 0 Å². The molecular formula is C15H12ClN3O4. The number of fused-ring (bicyclic) bond motifs is 3. The van der Waals surface area contributed by atoms with Gasteiger partial charge in [-0.2, -0.15) is 0 Å². The number of benzene rings is 1. The molecule has 0 amide bonds. The number of nitrogens with zero attached hydrogens (tertiary/aromatic N) is 3. The molecule has 2 aromatic rings. The van der Waals surface area contributed by atoms with Crippen LogP contribution in [0.25, 0.3) is 11.3 Å². The smallest absolute Gasteiger partial charge is 0.278 e. The molecule has 4 rings (SSSR count). The minimum Gasteiger partial charge on any atom is -0.394 e. The number of aliphatic hydroxyl groups excluding tert-OH is 1. The zero-order chi connectivity index (χ0) is 16.3. The van der Waals surface area contributed by atoms with Gasteiger partial charge in [-0.15, -0.1) is 0 Å². The highest BCUT2D eigenvalue weighted by atomic mass is 35.5. The molecule has 1 aliphatic carbocycles. The Balaban J connectivity index is 1.92. The SMILES string of the molecule is O=c1cc(-c2cc(Cl)ccc2[N+](=O)[O-])nc2n1[C@H](CO)[C@H]1C[C@@H]21. The van der Waals surface area contributed by atoms with Crippen LogP contribution < -0.4 is 5.56 Å². The van der Waals surface area contributed by atoms with Crippen molar-refractivity contribution >= 4 is 17.3 Å². The first kappa shape index (κ1) is 14.3. The average molecular weight is 334 g/mol. The highest BCUT2D eigenvalue weighted by molar-refractivity contribution is 6.31. The highest BCUT2D eigenvalue weighted by Gasteiger charge is 2.53. The zero-order valence-electron chi connectivity index (χ0n) is 11.8. The third-order valence-corrected chi connectivity index (χ3v) is 4.83. The molecule has 1 aromatic carbocycles. The number of nitro groups is 1. The number of aliphatic hydroxyl groups is 1. The van der Waals surface area contributed by atoms with Crippen molar-refractivity contribution in [2.24, 2.45) is 5.92 Å². The molecule has 7 nitrogen and oxygen atoms in total. The summed E-state index contributed by atoms with van der Waals surface area (Å²) in [5, 5.41) is 21.0. The van der Waals surface area contributed by atoms with Crippen molar-refractivity contribution in [2.75, 3.05) is 6.61 Å². The molecule has 0 saturated heterocycles. The van der Waals surface area contributed by atoms with Crippen molar-refractivity contribution in [1.82, 2.24) is 9.55 Å². The van der Waals surface area contributed by atoms with Crippen LogP contribution in [0, 0.1) is 16.0 Å². The van der Waals surface area contributed by atoms with Crippen LogP contribution in [0.4, 0.5) is 5.69 Å². The fourth-order valence-corrected chi connectivity index (χ4v) is 3.63. The van der Waals surface area contributed by atoms with Crippen LogP contribution in [0.3, 0.4) is 0 Å². The van der Waals surface area contributed by atoms with Crippen molar-refractivity contribution in [3.8, 4) is 11.3 Å². The van der Waals surface area contributed by atoms with Crippen molar-refractivity contribution in [3.63, 3.8) is 0 Å². The quantitative estimate of drug-likeness (QED) is 0.685. The van der Waals surface area contributed by atoms with Crippen LogP contribution in [0.15, 0.2) is 29.1 Å². The average Bonchev–Trinajstić information content (AvgIpc) is 3.23. The van der Waals surface area contributed by atoms with Crippen molar-refractivity contribution in [2.45, 2.75) is 18.4 Å². The van der Waals surface area contributed by atoms with Gasteiger partial charge in [-0.25, -0.2) is 4.98 Å². The van der Waals surface area contributed by atoms with Crippen LogP contribution in [0.5, 0.6) is 0 Å². The summed E-state index contributed by atoms with van der Waals surface area (Å²) in [5.74, 6) is 0.994. The molecule has 1 saturated carbocycles. The number of halogens is 1. The van der Waals surface area contributed by atoms with E-state index in [4.69, 9.17) is 11.6 Å². The Labute approximate surface area is 135 Å². The molecule has 1 N–H and O–H groups in total. The molecule has 118 valence electrons. The third-order valence-electron chi connectivity index (χ3n) is 4.60. The number of hydrogen-bond donors (Lipinski definition) is 1. The first-order valence-corrected chi connectivity index (χ1v) is 7.57. The van der Waals surface area contributed by atoms with Crippen molar-refractivity contribution in [3.05, 3.63) is 55.6 Å². The normalized spacial score (nSPS) is 24.2. The first-order chi connectivity index (χ1) is 11.0. The standard InChI is InChI=1S/C15H12ClN3O4/c16-7-1-2-12(19(22)23)10(3-7)11-5-14(21)18-13(6-20)8-4-9(8)15(18)17-11/h1-3,5,8-9,13,20H,4,6H2/t8-,9+,13+/m0/s1. The minimum absolute atomic E-state index is 0.105. The molecule has 8 heteroatoms.